The van der Waals surface area contributed by atoms with E-state index in [1.54, 1.807) is 42.5 Å². The zero-order valence-corrected chi connectivity index (χ0v) is 14.7. The van der Waals surface area contributed by atoms with Crippen LogP contribution in [0.5, 0.6) is 0 Å². The molecule has 2 aromatic carbocycles. The molecule has 0 unspecified atom stereocenters. The molecule has 1 heterocycles. The Morgan fingerprint density at radius 1 is 1.04 bits per heavy atom. The summed E-state index contributed by atoms with van der Waals surface area (Å²) in [6, 6.07) is 12.4. The molecule has 0 saturated carbocycles. The van der Waals surface area contributed by atoms with Crippen molar-refractivity contribution in [2.24, 2.45) is 0 Å². The summed E-state index contributed by atoms with van der Waals surface area (Å²) >= 11 is 11.9. The Kier molecular flexibility index (Phi) is 5.16. The summed E-state index contributed by atoms with van der Waals surface area (Å²) in [6.07, 6.45) is 4.79. The minimum Gasteiger partial charge on any atom is -0.710 e. The number of halogens is 2. The Balaban J connectivity index is 1.97. The van der Waals surface area contributed by atoms with Crippen molar-refractivity contribution in [3.05, 3.63) is 91.4 Å². The lowest BCUT2D eigenvalue weighted by Gasteiger charge is -2.09. The fourth-order valence-electron chi connectivity index (χ4n) is 2.30. The Morgan fingerprint density at radius 2 is 1.85 bits per heavy atom. The largest absolute Gasteiger partial charge is 0.710 e. The van der Waals surface area contributed by atoms with Crippen molar-refractivity contribution in [3.8, 4) is 11.4 Å². The Hall–Kier alpha value is -2.96. The molecule has 0 fully saturated rings. The van der Waals surface area contributed by atoms with Gasteiger partial charge in [-0.3, -0.25) is 10.1 Å². The molecule has 8 heteroatoms. The van der Waals surface area contributed by atoms with Gasteiger partial charge >= 0.3 is 5.82 Å². The van der Waals surface area contributed by atoms with Gasteiger partial charge in [-0.1, -0.05) is 41.4 Å². The molecule has 3 rings (SSSR count). The summed E-state index contributed by atoms with van der Waals surface area (Å²) in [5.74, 6) is 0.0741. The second-order valence-corrected chi connectivity index (χ2v) is 6.12. The first-order valence-corrected chi connectivity index (χ1v) is 8.18. The number of hydrogen-bond donors (Lipinski definition) is 0. The van der Waals surface area contributed by atoms with Crippen molar-refractivity contribution < 1.29 is 9.65 Å². The number of hydrogen-bond acceptors (Lipinski definition) is 4. The molecule has 0 atom stereocenters. The quantitative estimate of drug-likeness (QED) is 0.279. The monoisotopic (exact) mass is 387 g/mol. The summed E-state index contributed by atoms with van der Waals surface area (Å²) in [5, 5.41) is 24.4. The molecule has 26 heavy (non-hydrogen) atoms. The standard InChI is InChI=1S/C18H11Cl2N3O3/c19-16-7-5-12(10-17(16)20)4-6-14-8-9-21-18(22(14)24)13-2-1-3-15(11-13)23(25)26/h1-11H/b6-4+. The number of nitro benzene ring substituents is 1. The molecule has 1 aromatic heterocycles. The summed E-state index contributed by atoms with van der Waals surface area (Å²) in [6.45, 7) is 0. The van der Waals surface area contributed by atoms with Crippen LogP contribution in [-0.4, -0.2) is 9.91 Å². The van der Waals surface area contributed by atoms with Gasteiger partial charge < -0.3 is 5.21 Å². The number of nitro groups is 1. The summed E-state index contributed by atoms with van der Waals surface area (Å²) < 4.78 is 0.618. The topological polar surface area (TPSA) is 83.0 Å². The molecule has 0 amide bonds. The zero-order chi connectivity index (χ0) is 18.7. The maximum Gasteiger partial charge on any atom is 0.333 e. The third kappa shape index (κ3) is 3.82. The summed E-state index contributed by atoms with van der Waals surface area (Å²) in [4.78, 5) is 14.4. The first-order valence-electron chi connectivity index (χ1n) is 7.42. The lowest BCUT2D eigenvalue weighted by molar-refractivity contribution is -0.598. The van der Waals surface area contributed by atoms with Gasteiger partial charge in [0, 0.05) is 18.2 Å². The normalized spacial score (nSPS) is 11.0. The first kappa shape index (κ1) is 17.8. The Morgan fingerprint density at radius 3 is 2.58 bits per heavy atom. The molecular formula is C18H11Cl2N3O3. The zero-order valence-electron chi connectivity index (χ0n) is 13.2. The van der Waals surface area contributed by atoms with Crippen LogP contribution in [-0.2, 0) is 0 Å². The van der Waals surface area contributed by atoms with E-state index in [2.05, 4.69) is 4.98 Å². The van der Waals surface area contributed by atoms with Crippen LogP contribution in [0.1, 0.15) is 11.3 Å². The minimum absolute atomic E-state index is 0.0741. The lowest BCUT2D eigenvalue weighted by Crippen LogP contribution is -2.33. The molecule has 0 saturated heterocycles. The maximum atomic E-state index is 12.6. The third-order valence-electron chi connectivity index (χ3n) is 3.57. The lowest BCUT2D eigenvalue weighted by atomic mass is 10.1. The van der Waals surface area contributed by atoms with Crippen LogP contribution in [0.4, 0.5) is 5.69 Å². The fraction of sp³-hybridized carbons (Fsp3) is 0. The van der Waals surface area contributed by atoms with Crippen LogP contribution >= 0.6 is 23.2 Å². The average Bonchev–Trinajstić information content (AvgIpc) is 2.63. The molecule has 130 valence electrons. The van der Waals surface area contributed by atoms with Gasteiger partial charge in [-0.25, -0.2) is 4.73 Å². The van der Waals surface area contributed by atoms with E-state index in [4.69, 9.17) is 23.2 Å². The highest BCUT2D eigenvalue weighted by Gasteiger charge is 2.16. The van der Waals surface area contributed by atoms with E-state index < -0.39 is 4.92 Å². The number of non-ortho nitro benzene ring substituents is 1. The van der Waals surface area contributed by atoms with Crippen LogP contribution in [0.2, 0.25) is 10.0 Å². The van der Waals surface area contributed by atoms with E-state index in [1.807, 2.05) is 0 Å². The minimum atomic E-state index is -0.521. The van der Waals surface area contributed by atoms with Crippen molar-refractivity contribution in [1.29, 1.82) is 0 Å². The molecule has 0 aliphatic heterocycles. The van der Waals surface area contributed by atoms with E-state index in [-0.39, 0.29) is 11.5 Å². The number of benzene rings is 2. The SMILES string of the molecule is O=[N+]([O-])c1cccc(-c2nccc(/C=C/c3ccc(Cl)c(Cl)c3)[n+]2[O-])c1. The van der Waals surface area contributed by atoms with E-state index in [9.17, 15) is 15.3 Å². The van der Waals surface area contributed by atoms with Crippen molar-refractivity contribution in [1.82, 2.24) is 4.98 Å². The van der Waals surface area contributed by atoms with Gasteiger partial charge in [-0.2, -0.15) is 0 Å². The van der Waals surface area contributed by atoms with Crippen LogP contribution < -0.4 is 4.73 Å². The molecule has 0 radical (unpaired) electrons. The van der Waals surface area contributed by atoms with Crippen LogP contribution in [0.25, 0.3) is 23.5 Å². The Labute approximate surface area is 158 Å². The third-order valence-corrected chi connectivity index (χ3v) is 4.31. The van der Waals surface area contributed by atoms with E-state index in [0.717, 1.165) is 5.56 Å². The van der Waals surface area contributed by atoms with Gasteiger partial charge in [0.05, 0.1) is 20.5 Å². The van der Waals surface area contributed by atoms with Crippen LogP contribution in [0.3, 0.4) is 0 Å². The van der Waals surface area contributed by atoms with E-state index >= 15 is 0 Å². The highest BCUT2D eigenvalue weighted by molar-refractivity contribution is 6.42. The first-order chi connectivity index (χ1) is 12.5. The Bertz CT molecular complexity index is 1020. The highest BCUT2D eigenvalue weighted by Crippen LogP contribution is 2.24. The fourth-order valence-corrected chi connectivity index (χ4v) is 2.60. The molecule has 0 spiro atoms. The van der Waals surface area contributed by atoms with Crippen LogP contribution in [0.15, 0.2) is 54.7 Å². The average molecular weight is 388 g/mol. The molecule has 0 N–H and O–H groups in total. The highest BCUT2D eigenvalue weighted by atomic mass is 35.5. The molecular weight excluding hydrogens is 377 g/mol. The van der Waals surface area contributed by atoms with Gasteiger partial charge in [0.25, 0.3) is 5.69 Å². The molecule has 3 aromatic rings. The smallest absolute Gasteiger partial charge is 0.333 e. The molecule has 0 bridgehead atoms. The van der Waals surface area contributed by atoms with Crippen LogP contribution in [0, 0.1) is 15.3 Å². The van der Waals surface area contributed by atoms with Crippen molar-refractivity contribution in [3.63, 3.8) is 0 Å². The van der Waals surface area contributed by atoms with E-state index in [0.29, 0.717) is 26.0 Å². The number of nitrogens with zero attached hydrogens (tertiary/aromatic N) is 3. The molecule has 0 aliphatic rings. The summed E-state index contributed by atoms with van der Waals surface area (Å²) in [7, 11) is 0. The van der Waals surface area contributed by atoms with Gasteiger partial charge in [-0.05, 0) is 34.8 Å². The van der Waals surface area contributed by atoms with Crippen molar-refractivity contribution in [2.45, 2.75) is 0 Å². The van der Waals surface area contributed by atoms with E-state index in [1.165, 1.54) is 24.4 Å². The molecule has 6 nitrogen and oxygen atoms in total. The second kappa shape index (κ2) is 7.51. The molecule has 0 aliphatic carbocycles. The van der Waals surface area contributed by atoms with Gasteiger partial charge in [-0.15, -0.1) is 0 Å². The predicted molar refractivity (Wildman–Crippen MR) is 101 cm³/mol. The van der Waals surface area contributed by atoms with Gasteiger partial charge in [0.1, 0.15) is 11.9 Å². The van der Waals surface area contributed by atoms with Gasteiger partial charge in [0.15, 0.2) is 0 Å². The second-order valence-electron chi connectivity index (χ2n) is 5.30. The number of aromatic nitrogens is 2. The van der Waals surface area contributed by atoms with Crippen molar-refractivity contribution in [2.75, 3.05) is 0 Å². The predicted octanol–water partition coefficient (Wildman–Crippen LogP) is 4.77. The van der Waals surface area contributed by atoms with Gasteiger partial charge in [0.2, 0.25) is 0 Å². The maximum absolute atomic E-state index is 12.6. The van der Waals surface area contributed by atoms with Crippen molar-refractivity contribution >= 4 is 41.0 Å². The summed E-state index contributed by atoms with van der Waals surface area (Å²) in [5.41, 5.74) is 1.35. The number of rotatable bonds is 4.